The lowest BCUT2D eigenvalue weighted by Crippen LogP contribution is -2.34. The van der Waals surface area contributed by atoms with Gasteiger partial charge in [0.15, 0.2) is 0 Å². The van der Waals surface area contributed by atoms with Gasteiger partial charge in [-0.2, -0.15) is 0 Å². The van der Waals surface area contributed by atoms with Crippen molar-refractivity contribution in [2.75, 3.05) is 18.0 Å². The van der Waals surface area contributed by atoms with Crippen LogP contribution in [-0.2, 0) is 6.54 Å². The van der Waals surface area contributed by atoms with Crippen molar-refractivity contribution >= 4 is 21.6 Å². The van der Waals surface area contributed by atoms with Crippen LogP contribution in [0.25, 0.3) is 0 Å². The lowest BCUT2D eigenvalue weighted by atomic mass is 10.1. The minimum absolute atomic E-state index is 0.557. The second-order valence-corrected chi connectivity index (χ2v) is 7.05. The Hall–Kier alpha value is -0.540. The molecule has 0 amide bonds. The van der Waals surface area contributed by atoms with E-state index in [1.807, 2.05) is 0 Å². The van der Waals surface area contributed by atoms with Crippen molar-refractivity contribution in [3.63, 3.8) is 0 Å². The second-order valence-electron chi connectivity index (χ2n) is 6.14. The summed E-state index contributed by atoms with van der Waals surface area (Å²) in [6.07, 6.45) is 3.99. The molecule has 1 aromatic carbocycles. The Labute approximate surface area is 132 Å². The molecule has 0 bridgehead atoms. The van der Waals surface area contributed by atoms with E-state index < -0.39 is 0 Å². The monoisotopic (exact) mass is 338 g/mol. The lowest BCUT2D eigenvalue weighted by Gasteiger charge is -2.31. The van der Waals surface area contributed by atoms with Gasteiger partial charge in [-0.05, 0) is 69.3 Å². The van der Waals surface area contributed by atoms with Crippen molar-refractivity contribution in [1.82, 2.24) is 5.32 Å². The van der Waals surface area contributed by atoms with Gasteiger partial charge >= 0.3 is 0 Å². The van der Waals surface area contributed by atoms with Crippen LogP contribution < -0.4 is 10.2 Å². The molecule has 0 spiro atoms. The second kappa shape index (κ2) is 7.46. The van der Waals surface area contributed by atoms with Crippen molar-refractivity contribution in [3.8, 4) is 0 Å². The van der Waals surface area contributed by atoms with Gasteiger partial charge in [0.2, 0.25) is 0 Å². The first-order valence-electron chi connectivity index (χ1n) is 7.87. The number of anilines is 1. The van der Waals surface area contributed by atoms with Gasteiger partial charge in [-0.1, -0.05) is 22.9 Å². The zero-order valence-electron chi connectivity index (χ0n) is 13.0. The van der Waals surface area contributed by atoms with E-state index >= 15 is 0 Å². The summed E-state index contributed by atoms with van der Waals surface area (Å²) in [6.45, 7) is 10.1. The highest BCUT2D eigenvalue weighted by Gasteiger charge is 2.26. The molecule has 112 valence electrons. The molecular weight excluding hydrogens is 312 g/mol. The van der Waals surface area contributed by atoms with E-state index in [0.717, 1.165) is 19.0 Å². The van der Waals surface area contributed by atoms with Crippen LogP contribution in [0, 0.1) is 5.92 Å². The van der Waals surface area contributed by atoms with E-state index in [1.54, 1.807) is 0 Å². The summed E-state index contributed by atoms with van der Waals surface area (Å²) < 4.78 is 1.17. The number of nitrogens with one attached hydrogen (secondary N) is 1. The number of benzene rings is 1. The molecule has 1 fully saturated rings. The van der Waals surface area contributed by atoms with E-state index in [9.17, 15) is 0 Å². The van der Waals surface area contributed by atoms with Crippen LogP contribution in [-0.4, -0.2) is 19.1 Å². The van der Waals surface area contributed by atoms with Crippen LogP contribution in [0.3, 0.4) is 0 Å². The molecule has 0 saturated heterocycles. The molecule has 20 heavy (non-hydrogen) atoms. The molecule has 1 N–H and O–H groups in total. The summed E-state index contributed by atoms with van der Waals surface area (Å²) in [4.78, 5) is 2.58. The van der Waals surface area contributed by atoms with E-state index in [0.29, 0.717) is 6.04 Å². The van der Waals surface area contributed by atoms with Crippen LogP contribution in [0.5, 0.6) is 0 Å². The Balaban J connectivity index is 2.17. The third kappa shape index (κ3) is 4.49. The summed E-state index contributed by atoms with van der Waals surface area (Å²) in [6, 6.07) is 7.26. The molecule has 2 rings (SSSR count). The van der Waals surface area contributed by atoms with E-state index in [2.05, 4.69) is 65.1 Å². The van der Waals surface area contributed by atoms with Crippen LogP contribution in [0.4, 0.5) is 5.69 Å². The maximum atomic E-state index is 3.61. The maximum Gasteiger partial charge on any atom is 0.0415 e. The Morgan fingerprint density at radius 1 is 1.35 bits per heavy atom. The zero-order chi connectivity index (χ0) is 14.5. The number of hydrogen-bond acceptors (Lipinski definition) is 2. The molecule has 3 heteroatoms. The molecule has 0 heterocycles. The minimum Gasteiger partial charge on any atom is -0.369 e. The van der Waals surface area contributed by atoms with Crippen LogP contribution in [0.2, 0.25) is 0 Å². The lowest BCUT2D eigenvalue weighted by molar-refractivity contribution is 0.631. The standard InChI is InChI=1S/C17H27BrN2/c1-4-9-19-11-15-10-16(18)7-8-17(15)20(13(2)3)12-14-5-6-14/h7-8,10,13-14,19H,4-6,9,11-12H2,1-3H3. The van der Waals surface area contributed by atoms with Crippen molar-refractivity contribution in [2.45, 2.75) is 52.6 Å². The predicted octanol–water partition coefficient (Wildman–Crippen LogP) is 4.57. The van der Waals surface area contributed by atoms with Crippen LogP contribution >= 0.6 is 15.9 Å². The average Bonchev–Trinajstić information content (AvgIpc) is 3.21. The third-order valence-corrected chi connectivity index (χ3v) is 4.36. The van der Waals surface area contributed by atoms with Gasteiger partial charge in [0.25, 0.3) is 0 Å². The highest BCUT2D eigenvalue weighted by molar-refractivity contribution is 9.10. The molecule has 0 radical (unpaired) electrons. The fraction of sp³-hybridized carbons (Fsp3) is 0.647. The number of nitrogens with zero attached hydrogens (tertiary/aromatic N) is 1. The minimum atomic E-state index is 0.557. The first-order chi connectivity index (χ1) is 9.61. The molecular formula is C17H27BrN2. The quantitative estimate of drug-likeness (QED) is 0.698. The first-order valence-corrected chi connectivity index (χ1v) is 8.67. The van der Waals surface area contributed by atoms with E-state index in [4.69, 9.17) is 0 Å². The summed E-state index contributed by atoms with van der Waals surface area (Å²) in [7, 11) is 0. The molecule has 1 saturated carbocycles. The molecule has 2 nitrogen and oxygen atoms in total. The Kier molecular flexibility index (Phi) is 5.91. The van der Waals surface area contributed by atoms with Gasteiger partial charge in [-0.3, -0.25) is 0 Å². The molecule has 0 aliphatic heterocycles. The van der Waals surface area contributed by atoms with Gasteiger partial charge in [0.1, 0.15) is 0 Å². The van der Waals surface area contributed by atoms with Crippen LogP contribution in [0.15, 0.2) is 22.7 Å². The van der Waals surface area contributed by atoms with Crippen molar-refractivity contribution in [2.24, 2.45) is 5.92 Å². The van der Waals surface area contributed by atoms with Gasteiger partial charge < -0.3 is 10.2 Å². The van der Waals surface area contributed by atoms with Crippen molar-refractivity contribution in [1.29, 1.82) is 0 Å². The summed E-state index contributed by atoms with van der Waals surface area (Å²) in [5.41, 5.74) is 2.81. The predicted molar refractivity (Wildman–Crippen MR) is 91.3 cm³/mol. The number of rotatable bonds is 8. The Morgan fingerprint density at radius 2 is 2.10 bits per heavy atom. The van der Waals surface area contributed by atoms with E-state index in [-0.39, 0.29) is 0 Å². The van der Waals surface area contributed by atoms with Gasteiger partial charge in [-0.15, -0.1) is 0 Å². The van der Waals surface area contributed by atoms with Crippen LogP contribution in [0.1, 0.15) is 45.6 Å². The molecule has 1 aliphatic rings. The highest BCUT2D eigenvalue weighted by atomic mass is 79.9. The topological polar surface area (TPSA) is 15.3 Å². The molecule has 0 aromatic heterocycles. The van der Waals surface area contributed by atoms with Crippen molar-refractivity contribution < 1.29 is 0 Å². The Morgan fingerprint density at radius 3 is 2.70 bits per heavy atom. The average molecular weight is 339 g/mol. The first kappa shape index (κ1) is 15.8. The summed E-state index contributed by atoms with van der Waals surface area (Å²) >= 11 is 3.61. The highest BCUT2D eigenvalue weighted by Crippen LogP contribution is 2.34. The van der Waals surface area contributed by atoms with Gasteiger partial charge in [0.05, 0.1) is 0 Å². The molecule has 0 unspecified atom stereocenters. The van der Waals surface area contributed by atoms with Gasteiger partial charge in [0, 0.05) is 29.3 Å². The third-order valence-electron chi connectivity index (χ3n) is 3.87. The largest absolute Gasteiger partial charge is 0.369 e. The summed E-state index contributed by atoms with van der Waals surface area (Å²) in [5.74, 6) is 0.914. The molecule has 1 aliphatic carbocycles. The fourth-order valence-corrected chi connectivity index (χ4v) is 2.95. The van der Waals surface area contributed by atoms with Gasteiger partial charge in [-0.25, -0.2) is 0 Å². The number of halogens is 1. The normalized spacial score (nSPS) is 14.8. The Bertz CT molecular complexity index is 427. The van der Waals surface area contributed by atoms with E-state index in [1.165, 1.54) is 41.5 Å². The molecule has 0 atom stereocenters. The van der Waals surface area contributed by atoms with Crippen molar-refractivity contribution in [3.05, 3.63) is 28.2 Å². The zero-order valence-corrected chi connectivity index (χ0v) is 14.5. The smallest absolute Gasteiger partial charge is 0.0415 e. The molecule has 1 aromatic rings. The number of hydrogen-bond donors (Lipinski definition) is 1. The maximum absolute atomic E-state index is 3.61. The summed E-state index contributed by atoms with van der Waals surface area (Å²) in [5, 5.41) is 3.53. The SMILES string of the molecule is CCCNCc1cc(Br)ccc1N(CC1CC1)C(C)C. The fourth-order valence-electron chi connectivity index (χ4n) is 2.54.